The molecule has 4 heteroatoms. The third-order valence-electron chi connectivity index (χ3n) is 1.88. The zero-order chi connectivity index (χ0) is 10.2. The van der Waals surface area contributed by atoms with Gasteiger partial charge in [-0.25, -0.2) is 0 Å². The lowest BCUT2D eigenvalue weighted by Crippen LogP contribution is -2.44. The van der Waals surface area contributed by atoms with Gasteiger partial charge in [-0.2, -0.15) is 0 Å². The predicted molar refractivity (Wildman–Crippen MR) is 62.5 cm³/mol. The van der Waals surface area contributed by atoms with Crippen LogP contribution in [0.1, 0.15) is 33.6 Å². The molecule has 2 nitrogen and oxygen atoms in total. The minimum atomic E-state index is -1.87. The summed E-state index contributed by atoms with van der Waals surface area (Å²) in [4.78, 5) is 0.885. The fraction of sp³-hybridized carbons (Fsp3) is 1.00. The molecule has 13 heavy (non-hydrogen) atoms. The van der Waals surface area contributed by atoms with Crippen LogP contribution in [0.2, 0.25) is 6.04 Å². The van der Waals surface area contributed by atoms with E-state index in [0.29, 0.717) is 0 Å². The molecule has 0 saturated carbocycles. The molecular formula is C9H21BrO2Si. The van der Waals surface area contributed by atoms with Crippen molar-refractivity contribution >= 4 is 24.5 Å². The summed E-state index contributed by atoms with van der Waals surface area (Å²) < 4.78 is 11.7. The summed E-state index contributed by atoms with van der Waals surface area (Å²) >= 11 is 3.51. The molecule has 0 atom stereocenters. The molecule has 0 N–H and O–H groups in total. The van der Waals surface area contributed by atoms with Gasteiger partial charge < -0.3 is 8.85 Å². The summed E-state index contributed by atoms with van der Waals surface area (Å²) in [6.45, 7) is 8.06. The van der Waals surface area contributed by atoms with E-state index in [1.165, 1.54) is 0 Å². The first-order valence-electron chi connectivity index (χ1n) is 5.08. The van der Waals surface area contributed by atoms with Gasteiger partial charge in [0, 0.05) is 18.2 Å². The van der Waals surface area contributed by atoms with E-state index < -0.39 is 8.56 Å². The maximum absolute atomic E-state index is 5.85. The third kappa shape index (κ3) is 5.15. The van der Waals surface area contributed by atoms with E-state index in [9.17, 15) is 0 Å². The van der Waals surface area contributed by atoms with Crippen molar-refractivity contribution in [3.63, 3.8) is 0 Å². The van der Waals surface area contributed by atoms with Crippen molar-refractivity contribution in [3.05, 3.63) is 0 Å². The smallest absolute Gasteiger partial charge is 0.348 e. The van der Waals surface area contributed by atoms with Crippen LogP contribution in [0.15, 0.2) is 0 Å². The Morgan fingerprint density at radius 1 is 1.00 bits per heavy atom. The highest BCUT2D eigenvalue weighted by molar-refractivity contribution is 9.09. The van der Waals surface area contributed by atoms with Crippen molar-refractivity contribution in [1.29, 1.82) is 0 Å². The first-order valence-corrected chi connectivity index (χ1v) is 8.43. The predicted octanol–water partition coefficient (Wildman–Crippen LogP) is 3.24. The van der Waals surface area contributed by atoms with Crippen LogP contribution in [0.4, 0.5) is 0 Å². The minimum Gasteiger partial charge on any atom is -0.394 e. The Hall–Kier alpha value is 0.617. The highest BCUT2D eigenvalue weighted by atomic mass is 79.9. The van der Waals surface area contributed by atoms with Crippen LogP contribution in [0.25, 0.3) is 0 Å². The average Bonchev–Trinajstić information content (AvgIpc) is 2.20. The SMILES string of the molecule is CCCO[Si](CC)(CBr)OCCC. The first kappa shape index (κ1) is 13.6. The molecule has 0 aliphatic carbocycles. The normalized spacial score (nSPS) is 12.0. The van der Waals surface area contributed by atoms with E-state index >= 15 is 0 Å². The van der Waals surface area contributed by atoms with Gasteiger partial charge in [-0.05, 0) is 18.9 Å². The van der Waals surface area contributed by atoms with E-state index in [0.717, 1.165) is 37.1 Å². The van der Waals surface area contributed by atoms with Crippen molar-refractivity contribution in [3.8, 4) is 0 Å². The quantitative estimate of drug-likeness (QED) is 0.497. The summed E-state index contributed by atoms with van der Waals surface area (Å²) in [5, 5.41) is 0. The fourth-order valence-corrected chi connectivity index (χ4v) is 5.14. The molecule has 0 bridgehead atoms. The maximum Gasteiger partial charge on any atom is 0.348 e. The van der Waals surface area contributed by atoms with Gasteiger partial charge in [0.1, 0.15) is 0 Å². The molecule has 0 unspecified atom stereocenters. The Balaban J connectivity index is 3.97. The van der Waals surface area contributed by atoms with Crippen molar-refractivity contribution in [2.45, 2.75) is 39.7 Å². The Labute approximate surface area is 91.4 Å². The van der Waals surface area contributed by atoms with Crippen LogP contribution in [-0.2, 0) is 8.85 Å². The molecule has 0 aromatic carbocycles. The minimum absolute atomic E-state index is 0.829. The highest BCUT2D eigenvalue weighted by Gasteiger charge is 2.33. The van der Waals surface area contributed by atoms with E-state index in [4.69, 9.17) is 8.85 Å². The van der Waals surface area contributed by atoms with E-state index in [1.807, 2.05) is 0 Å². The second kappa shape index (κ2) is 7.97. The van der Waals surface area contributed by atoms with Crippen molar-refractivity contribution < 1.29 is 8.85 Å². The number of rotatable bonds is 8. The molecule has 0 rings (SSSR count). The standard InChI is InChI=1S/C9H21BrO2Si/c1-4-7-11-13(6-3,9-10)12-8-5-2/h4-9H2,1-3H3. The lowest BCUT2D eigenvalue weighted by molar-refractivity contribution is 0.174. The van der Waals surface area contributed by atoms with Gasteiger partial charge in [-0.3, -0.25) is 0 Å². The van der Waals surface area contributed by atoms with E-state index in [1.54, 1.807) is 0 Å². The molecule has 0 heterocycles. The van der Waals surface area contributed by atoms with Crippen molar-refractivity contribution in [2.24, 2.45) is 0 Å². The van der Waals surface area contributed by atoms with Gasteiger partial charge in [0.15, 0.2) is 0 Å². The molecule has 0 aliphatic rings. The van der Waals surface area contributed by atoms with Gasteiger partial charge in [0.25, 0.3) is 0 Å². The van der Waals surface area contributed by atoms with Crippen LogP contribution in [0.5, 0.6) is 0 Å². The molecule has 0 aromatic rings. The van der Waals surface area contributed by atoms with Gasteiger partial charge in [0.05, 0.1) is 0 Å². The van der Waals surface area contributed by atoms with Crippen molar-refractivity contribution in [1.82, 2.24) is 0 Å². The molecule has 80 valence electrons. The summed E-state index contributed by atoms with van der Waals surface area (Å²) in [6, 6.07) is 1.03. The lowest BCUT2D eigenvalue weighted by Gasteiger charge is -2.27. The Bertz CT molecular complexity index is 108. The zero-order valence-corrected chi connectivity index (χ0v) is 11.5. The second-order valence-corrected chi connectivity index (χ2v) is 8.15. The molecule has 0 aromatic heterocycles. The Morgan fingerprint density at radius 2 is 1.46 bits per heavy atom. The molecule has 0 saturated heterocycles. The maximum atomic E-state index is 5.85. The molecule has 0 radical (unpaired) electrons. The number of hydrogen-bond donors (Lipinski definition) is 0. The van der Waals surface area contributed by atoms with Crippen LogP contribution < -0.4 is 0 Å². The number of alkyl halides is 1. The molecule has 0 amide bonds. The van der Waals surface area contributed by atoms with E-state index in [2.05, 4.69) is 36.7 Å². The summed E-state index contributed by atoms with van der Waals surface area (Å²) in [7, 11) is -1.87. The summed E-state index contributed by atoms with van der Waals surface area (Å²) in [5.74, 6) is 0. The van der Waals surface area contributed by atoms with Gasteiger partial charge in [-0.1, -0.05) is 36.7 Å². The molecular weight excluding hydrogens is 248 g/mol. The van der Waals surface area contributed by atoms with Crippen LogP contribution in [0, 0.1) is 0 Å². The highest BCUT2D eigenvalue weighted by Crippen LogP contribution is 2.16. The van der Waals surface area contributed by atoms with Gasteiger partial charge in [-0.15, -0.1) is 0 Å². The number of hydrogen-bond acceptors (Lipinski definition) is 2. The molecule has 0 spiro atoms. The first-order chi connectivity index (χ1) is 6.24. The van der Waals surface area contributed by atoms with Crippen LogP contribution >= 0.6 is 15.9 Å². The average molecular weight is 269 g/mol. The number of halogens is 1. The topological polar surface area (TPSA) is 18.5 Å². The zero-order valence-electron chi connectivity index (χ0n) is 8.94. The molecule has 0 fully saturated rings. The third-order valence-corrected chi connectivity index (χ3v) is 7.39. The van der Waals surface area contributed by atoms with E-state index in [-0.39, 0.29) is 0 Å². The molecule has 0 aliphatic heterocycles. The van der Waals surface area contributed by atoms with Crippen LogP contribution in [0.3, 0.4) is 0 Å². The summed E-state index contributed by atoms with van der Waals surface area (Å²) in [6.07, 6.45) is 2.13. The van der Waals surface area contributed by atoms with Crippen molar-refractivity contribution in [2.75, 3.05) is 18.2 Å². The second-order valence-electron chi connectivity index (χ2n) is 3.09. The largest absolute Gasteiger partial charge is 0.394 e. The lowest BCUT2D eigenvalue weighted by atomic mass is 10.5. The summed E-state index contributed by atoms with van der Waals surface area (Å²) in [5.41, 5.74) is 0. The Morgan fingerprint density at radius 3 is 1.69 bits per heavy atom. The van der Waals surface area contributed by atoms with Crippen LogP contribution in [-0.4, -0.2) is 26.7 Å². The van der Waals surface area contributed by atoms with Gasteiger partial charge >= 0.3 is 8.56 Å². The Kier molecular flexibility index (Phi) is 8.35. The monoisotopic (exact) mass is 268 g/mol. The van der Waals surface area contributed by atoms with Gasteiger partial charge in [0.2, 0.25) is 0 Å². The fourth-order valence-electron chi connectivity index (χ4n) is 0.994.